The van der Waals surface area contributed by atoms with Crippen LogP contribution in [0.15, 0.2) is 36.7 Å². The molecule has 2 aromatic rings. The van der Waals surface area contributed by atoms with Crippen molar-refractivity contribution in [3.05, 3.63) is 53.6 Å². The van der Waals surface area contributed by atoms with Crippen molar-refractivity contribution in [1.29, 1.82) is 0 Å². The van der Waals surface area contributed by atoms with Crippen molar-refractivity contribution in [1.82, 2.24) is 15.3 Å². The molecule has 0 unspecified atom stereocenters. The molecule has 1 aromatic heterocycles. The van der Waals surface area contributed by atoms with Crippen LogP contribution in [0.25, 0.3) is 0 Å². The van der Waals surface area contributed by atoms with E-state index >= 15 is 0 Å². The van der Waals surface area contributed by atoms with Gasteiger partial charge in [-0.3, -0.25) is 9.97 Å². The van der Waals surface area contributed by atoms with Gasteiger partial charge in [0.2, 0.25) is 0 Å². The lowest BCUT2D eigenvalue weighted by molar-refractivity contribution is 0.340. The predicted molar refractivity (Wildman–Crippen MR) is 74.9 cm³/mol. The number of benzene rings is 1. The van der Waals surface area contributed by atoms with E-state index in [1.54, 1.807) is 12.4 Å². The van der Waals surface area contributed by atoms with Gasteiger partial charge in [-0.2, -0.15) is 0 Å². The Morgan fingerprint density at radius 1 is 1.05 bits per heavy atom. The fourth-order valence-electron chi connectivity index (χ4n) is 1.72. The topological polar surface area (TPSA) is 47.0 Å². The summed E-state index contributed by atoms with van der Waals surface area (Å²) in [4.78, 5) is 8.52. The van der Waals surface area contributed by atoms with E-state index in [1.165, 1.54) is 5.56 Å². The molecular formula is C15H19N3O. The first-order valence-corrected chi connectivity index (χ1v) is 6.48. The van der Waals surface area contributed by atoms with Crippen molar-refractivity contribution in [2.75, 3.05) is 6.61 Å². The minimum absolute atomic E-state index is 0.698. The molecule has 4 nitrogen and oxygen atoms in total. The van der Waals surface area contributed by atoms with E-state index in [2.05, 4.69) is 27.4 Å². The van der Waals surface area contributed by atoms with Gasteiger partial charge >= 0.3 is 0 Å². The van der Waals surface area contributed by atoms with Crippen molar-refractivity contribution in [2.45, 2.75) is 26.9 Å². The molecule has 1 N–H and O–H groups in total. The molecule has 0 bridgehead atoms. The third kappa shape index (κ3) is 4.34. The highest BCUT2D eigenvalue weighted by Gasteiger charge is 1.97. The number of hydrogen-bond donors (Lipinski definition) is 1. The number of hydrogen-bond acceptors (Lipinski definition) is 4. The standard InChI is InChI=1S/C15H19N3O/c1-3-19-15-6-4-13(5-7-15)9-16-10-14-11-17-12(2)8-18-14/h4-8,11,16H,3,9-10H2,1-2H3. The van der Waals surface area contributed by atoms with Crippen molar-refractivity contribution in [2.24, 2.45) is 0 Å². The fourth-order valence-corrected chi connectivity index (χ4v) is 1.72. The van der Waals surface area contributed by atoms with Crippen molar-refractivity contribution in [3.8, 4) is 5.75 Å². The molecular weight excluding hydrogens is 238 g/mol. The van der Waals surface area contributed by atoms with Crippen LogP contribution < -0.4 is 10.1 Å². The predicted octanol–water partition coefficient (Wildman–Crippen LogP) is 2.47. The number of aryl methyl sites for hydroxylation is 1. The molecule has 0 atom stereocenters. The van der Waals surface area contributed by atoms with E-state index in [-0.39, 0.29) is 0 Å². The quantitative estimate of drug-likeness (QED) is 0.863. The van der Waals surface area contributed by atoms with Crippen molar-refractivity contribution in [3.63, 3.8) is 0 Å². The van der Waals surface area contributed by atoms with Gasteiger partial charge in [-0.15, -0.1) is 0 Å². The molecule has 0 aliphatic rings. The second kappa shape index (κ2) is 6.85. The van der Waals surface area contributed by atoms with Gasteiger partial charge in [0, 0.05) is 25.5 Å². The van der Waals surface area contributed by atoms with Gasteiger partial charge in [-0.1, -0.05) is 12.1 Å². The van der Waals surface area contributed by atoms with Gasteiger partial charge in [0.15, 0.2) is 0 Å². The molecule has 19 heavy (non-hydrogen) atoms. The van der Waals surface area contributed by atoms with Crippen LogP contribution in [-0.4, -0.2) is 16.6 Å². The Balaban J connectivity index is 1.80. The Morgan fingerprint density at radius 3 is 2.47 bits per heavy atom. The summed E-state index contributed by atoms with van der Waals surface area (Å²) in [5.41, 5.74) is 3.12. The third-order valence-corrected chi connectivity index (χ3v) is 2.70. The third-order valence-electron chi connectivity index (χ3n) is 2.70. The summed E-state index contributed by atoms with van der Waals surface area (Å²) >= 11 is 0. The molecule has 0 radical (unpaired) electrons. The molecule has 0 amide bonds. The normalized spacial score (nSPS) is 10.4. The number of ether oxygens (including phenoxy) is 1. The minimum Gasteiger partial charge on any atom is -0.494 e. The highest BCUT2D eigenvalue weighted by molar-refractivity contribution is 5.27. The van der Waals surface area contributed by atoms with Crippen LogP contribution in [-0.2, 0) is 13.1 Å². The van der Waals surface area contributed by atoms with Gasteiger partial charge in [-0.25, -0.2) is 0 Å². The zero-order valence-corrected chi connectivity index (χ0v) is 11.4. The summed E-state index contributed by atoms with van der Waals surface area (Å²) in [5, 5.41) is 3.35. The lowest BCUT2D eigenvalue weighted by Gasteiger charge is -2.06. The molecule has 0 saturated heterocycles. The van der Waals surface area contributed by atoms with Gasteiger partial charge in [0.05, 0.1) is 18.0 Å². The molecule has 4 heteroatoms. The zero-order valence-electron chi connectivity index (χ0n) is 11.4. The van der Waals surface area contributed by atoms with Crippen LogP contribution in [0.2, 0.25) is 0 Å². The van der Waals surface area contributed by atoms with E-state index in [0.29, 0.717) is 6.61 Å². The average molecular weight is 257 g/mol. The van der Waals surface area contributed by atoms with Crippen LogP contribution >= 0.6 is 0 Å². The second-order valence-electron chi connectivity index (χ2n) is 4.33. The van der Waals surface area contributed by atoms with Gasteiger partial charge in [-0.05, 0) is 31.5 Å². The lowest BCUT2D eigenvalue weighted by atomic mass is 10.2. The maximum Gasteiger partial charge on any atom is 0.119 e. The Bertz CT molecular complexity index is 494. The number of nitrogens with zero attached hydrogens (tertiary/aromatic N) is 2. The largest absolute Gasteiger partial charge is 0.494 e. The van der Waals surface area contributed by atoms with Crippen LogP contribution in [0.4, 0.5) is 0 Å². The first-order valence-electron chi connectivity index (χ1n) is 6.48. The van der Waals surface area contributed by atoms with Gasteiger partial charge < -0.3 is 10.1 Å². The molecule has 0 aliphatic heterocycles. The first-order chi connectivity index (χ1) is 9.28. The average Bonchev–Trinajstić information content (AvgIpc) is 2.43. The monoisotopic (exact) mass is 257 g/mol. The molecule has 0 spiro atoms. The van der Waals surface area contributed by atoms with Crippen LogP contribution in [0.5, 0.6) is 5.75 Å². The summed E-state index contributed by atoms with van der Waals surface area (Å²) < 4.78 is 5.41. The van der Waals surface area contributed by atoms with Crippen molar-refractivity contribution < 1.29 is 4.74 Å². The smallest absolute Gasteiger partial charge is 0.119 e. The molecule has 0 saturated carbocycles. The Kier molecular flexibility index (Phi) is 4.86. The number of aromatic nitrogens is 2. The maximum absolute atomic E-state index is 5.41. The molecule has 1 aromatic carbocycles. The van der Waals surface area contributed by atoms with Gasteiger partial charge in [0.25, 0.3) is 0 Å². The molecule has 0 aliphatic carbocycles. The number of rotatable bonds is 6. The summed E-state index contributed by atoms with van der Waals surface area (Å²) in [6.07, 6.45) is 3.59. The summed E-state index contributed by atoms with van der Waals surface area (Å²) in [6.45, 7) is 6.15. The van der Waals surface area contributed by atoms with Crippen molar-refractivity contribution >= 4 is 0 Å². The second-order valence-corrected chi connectivity index (χ2v) is 4.33. The lowest BCUT2D eigenvalue weighted by Crippen LogP contribution is -2.13. The fraction of sp³-hybridized carbons (Fsp3) is 0.333. The zero-order chi connectivity index (χ0) is 13.5. The molecule has 1 heterocycles. The van der Waals surface area contributed by atoms with E-state index < -0.39 is 0 Å². The highest BCUT2D eigenvalue weighted by Crippen LogP contribution is 2.11. The van der Waals surface area contributed by atoms with E-state index in [1.807, 2.05) is 26.0 Å². The Morgan fingerprint density at radius 2 is 1.84 bits per heavy atom. The molecule has 100 valence electrons. The van der Waals surface area contributed by atoms with Crippen LogP contribution in [0, 0.1) is 6.92 Å². The Labute approximate surface area is 113 Å². The first kappa shape index (κ1) is 13.5. The van der Waals surface area contributed by atoms with Crippen LogP contribution in [0.3, 0.4) is 0 Å². The molecule has 2 rings (SSSR count). The van der Waals surface area contributed by atoms with E-state index in [4.69, 9.17) is 4.74 Å². The van der Waals surface area contributed by atoms with E-state index in [0.717, 1.165) is 30.2 Å². The SMILES string of the molecule is CCOc1ccc(CNCc2cnc(C)cn2)cc1. The van der Waals surface area contributed by atoms with E-state index in [9.17, 15) is 0 Å². The maximum atomic E-state index is 5.41. The minimum atomic E-state index is 0.698. The van der Waals surface area contributed by atoms with Crippen LogP contribution in [0.1, 0.15) is 23.9 Å². The van der Waals surface area contributed by atoms with Gasteiger partial charge in [0.1, 0.15) is 5.75 Å². The molecule has 0 fully saturated rings. The summed E-state index contributed by atoms with van der Waals surface area (Å²) in [6, 6.07) is 8.12. The summed E-state index contributed by atoms with van der Waals surface area (Å²) in [7, 11) is 0. The highest BCUT2D eigenvalue weighted by atomic mass is 16.5. The summed E-state index contributed by atoms with van der Waals surface area (Å²) in [5.74, 6) is 0.913. The number of nitrogens with one attached hydrogen (secondary N) is 1. The Hall–Kier alpha value is -1.94.